The Bertz CT molecular complexity index is 871. The van der Waals surface area contributed by atoms with Crippen molar-refractivity contribution in [3.63, 3.8) is 0 Å². The molecule has 156 valence electrons. The van der Waals surface area contributed by atoms with E-state index < -0.39 is 0 Å². The van der Waals surface area contributed by atoms with Gasteiger partial charge in [-0.15, -0.1) is 24.0 Å². The molecule has 0 saturated carbocycles. The number of benzene rings is 1. The Morgan fingerprint density at radius 3 is 2.59 bits per heavy atom. The van der Waals surface area contributed by atoms with Gasteiger partial charge in [0.25, 0.3) is 0 Å². The lowest BCUT2D eigenvalue weighted by Crippen LogP contribution is -2.38. The molecule has 0 atom stereocenters. The monoisotopic (exact) mass is 507 g/mol. The summed E-state index contributed by atoms with van der Waals surface area (Å²) in [5.41, 5.74) is 3.64. The number of aryl methyl sites for hydroxylation is 2. The molecule has 1 aromatic carbocycles. The number of halogens is 1. The summed E-state index contributed by atoms with van der Waals surface area (Å²) in [5, 5.41) is 15.4. The van der Waals surface area contributed by atoms with Crippen LogP contribution in [0.5, 0.6) is 0 Å². The topological polar surface area (TPSA) is 72.1 Å². The van der Waals surface area contributed by atoms with Gasteiger partial charge in [-0.2, -0.15) is 10.2 Å². The van der Waals surface area contributed by atoms with Crippen molar-refractivity contribution in [2.24, 2.45) is 4.99 Å². The molecule has 29 heavy (non-hydrogen) atoms. The van der Waals surface area contributed by atoms with Crippen LogP contribution in [0.25, 0.3) is 0 Å². The van der Waals surface area contributed by atoms with Crippen LogP contribution < -0.4 is 10.6 Å². The standard InChI is InChI=1S/C21H29N7.HI/c1-3-22-21(23-10-6-12-27-16-18(2)14-26-27)24-15-19-8-4-5-9-20(19)17-28-13-7-11-25-28;/h4-5,7-9,11,13-14,16H,3,6,10,12,15,17H2,1-2H3,(H2,22,23,24);1H. The highest BCUT2D eigenvalue weighted by Crippen LogP contribution is 2.11. The lowest BCUT2D eigenvalue weighted by Gasteiger charge is -2.12. The molecule has 2 N–H and O–H groups in total. The van der Waals surface area contributed by atoms with E-state index in [2.05, 4.69) is 65.1 Å². The fourth-order valence-electron chi connectivity index (χ4n) is 2.98. The smallest absolute Gasteiger partial charge is 0.191 e. The van der Waals surface area contributed by atoms with E-state index in [4.69, 9.17) is 4.99 Å². The first kappa shape index (κ1) is 22.9. The van der Waals surface area contributed by atoms with Gasteiger partial charge in [-0.05, 0) is 43.0 Å². The minimum atomic E-state index is 0. The van der Waals surface area contributed by atoms with Crippen LogP contribution in [0.1, 0.15) is 30.0 Å². The molecule has 0 radical (unpaired) electrons. The van der Waals surface area contributed by atoms with Gasteiger partial charge in [0.2, 0.25) is 0 Å². The van der Waals surface area contributed by atoms with Crippen LogP contribution in [0.2, 0.25) is 0 Å². The first-order chi connectivity index (χ1) is 13.7. The Kier molecular flexibility index (Phi) is 9.69. The minimum absolute atomic E-state index is 0. The number of nitrogens with one attached hydrogen (secondary N) is 2. The maximum absolute atomic E-state index is 4.76. The van der Waals surface area contributed by atoms with E-state index in [0.29, 0.717) is 6.54 Å². The molecule has 0 aliphatic carbocycles. The summed E-state index contributed by atoms with van der Waals surface area (Å²) in [4.78, 5) is 4.76. The largest absolute Gasteiger partial charge is 0.357 e. The first-order valence-corrected chi connectivity index (χ1v) is 9.80. The van der Waals surface area contributed by atoms with Crippen molar-refractivity contribution in [3.8, 4) is 0 Å². The number of aliphatic imine (C=N–C) groups is 1. The van der Waals surface area contributed by atoms with E-state index in [1.54, 1.807) is 6.20 Å². The van der Waals surface area contributed by atoms with Gasteiger partial charge < -0.3 is 10.6 Å². The molecule has 0 fully saturated rings. The van der Waals surface area contributed by atoms with E-state index in [1.807, 2.05) is 27.8 Å². The summed E-state index contributed by atoms with van der Waals surface area (Å²) >= 11 is 0. The molecule has 0 amide bonds. The van der Waals surface area contributed by atoms with Crippen LogP contribution in [0.4, 0.5) is 0 Å². The first-order valence-electron chi connectivity index (χ1n) is 9.80. The van der Waals surface area contributed by atoms with Crippen LogP contribution in [-0.4, -0.2) is 38.6 Å². The molecular formula is C21H30IN7. The number of guanidine groups is 1. The second kappa shape index (κ2) is 12.3. The predicted octanol–water partition coefficient (Wildman–Crippen LogP) is 3.20. The zero-order chi connectivity index (χ0) is 19.6. The third kappa shape index (κ3) is 7.52. The van der Waals surface area contributed by atoms with Gasteiger partial charge in [-0.1, -0.05) is 24.3 Å². The van der Waals surface area contributed by atoms with E-state index in [1.165, 1.54) is 16.7 Å². The molecule has 2 aromatic heterocycles. The summed E-state index contributed by atoms with van der Waals surface area (Å²) in [6.07, 6.45) is 8.72. The van der Waals surface area contributed by atoms with E-state index in [0.717, 1.165) is 38.6 Å². The number of rotatable bonds is 9. The van der Waals surface area contributed by atoms with Gasteiger partial charge in [-0.25, -0.2) is 4.99 Å². The van der Waals surface area contributed by atoms with Crippen molar-refractivity contribution in [2.75, 3.05) is 13.1 Å². The maximum Gasteiger partial charge on any atom is 0.191 e. The fraction of sp³-hybridized carbons (Fsp3) is 0.381. The van der Waals surface area contributed by atoms with Gasteiger partial charge in [0, 0.05) is 38.2 Å². The average Bonchev–Trinajstić information content (AvgIpc) is 3.36. The second-order valence-electron chi connectivity index (χ2n) is 6.73. The SMILES string of the molecule is CCNC(=NCc1ccccc1Cn1cccn1)NCCCn1cc(C)cn1.I. The van der Waals surface area contributed by atoms with Gasteiger partial charge >= 0.3 is 0 Å². The molecule has 0 bridgehead atoms. The molecule has 3 rings (SSSR count). The molecular weight excluding hydrogens is 477 g/mol. The number of aromatic nitrogens is 4. The normalized spacial score (nSPS) is 11.2. The summed E-state index contributed by atoms with van der Waals surface area (Å²) in [5.74, 6) is 0.841. The molecule has 0 saturated heterocycles. The van der Waals surface area contributed by atoms with Crippen LogP contribution in [0.3, 0.4) is 0 Å². The zero-order valence-electron chi connectivity index (χ0n) is 17.1. The summed E-state index contributed by atoms with van der Waals surface area (Å²) < 4.78 is 3.91. The third-order valence-corrected chi connectivity index (χ3v) is 4.38. The molecule has 2 heterocycles. The van der Waals surface area contributed by atoms with Crippen LogP contribution in [0, 0.1) is 6.92 Å². The van der Waals surface area contributed by atoms with Gasteiger partial charge in [0.15, 0.2) is 5.96 Å². The van der Waals surface area contributed by atoms with E-state index in [9.17, 15) is 0 Å². The summed E-state index contributed by atoms with van der Waals surface area (Å²) in [7, 11) is 0. The summed E-state index contributed by atoms with van der Waals surface area (Å²) in [6, 6.07) is 10.3. The van der Waals surface area contributed by atoms with Gasteiger partial charge in [-0.3, -0.25) is 9.36 Å². The fourth-order valence-corrected chi connectivity index (χ4v) is 2.98. The highest BCUT2D eigenvalue weighted by Gasteiger charge is 2.04. The Hall–Kier alpha value is -2.36. The van der Waals surface area contributed by atoms with E-state index in [-0.39, 0.29) is 24.0 Å². The van der Waals surface area contributed by atoms with Crippen molar-refractivity contribution in [1.29, 1.82) is 0 Å². The Balaban J connectivity index is 0.00000300. The van der Waals surface area contributed by atoms with Crippen LogP contribution in [0.15, 0.2) is 60.1 Å². The predicted molar refractivity (Wildman–Crippen MR) is 128 cm³/mol. The van der Waals surface area contributed by atoms with E-state index >= 15 is 0 Å². The van der Waals surface area contributed by atoms with Crippen LogP contribution >= 0.6 is 24.0 Å². The molecule has 0 unspecified atom stereocenters. The Morgan fingerprint density at radius 1 is 1.07 bits per heavy atom. The molecule has 8 heteroatoms. The van der Waals surface area contributed by atoms with Crippen molar-refractivity contribution < 1.29 is 0 Å². The number of hydrogen-bond donors (Lipinski definition) is 2. The number of hydrogen-bond acceptors (Lipinski definition) is 3. The lowest BCUT2D eigenvalue weighted by molar-refractivity contribution is 0.570. The molecule has 0 aliphatic rings. The Labute approximate surface area is 189 Å². The molecule has 7 nitrogen and oxygen atoms in total. The molecule has 0 aliphatic heterocycles. The highest BCUT2D eigenvalue weighted by atomic mass is 127. The zero-order valence-corrected chi connectivity index (χ0v) is 19.4. The maximum atomic E-state index is 4.76. The molecule has 0 spiro atoms. The van der Waals surface area contributed by atoms with Gasteiger partial charge in [0.1, 0.15) is 0 Å². The minimum Gasteiger partial charge on any atom is -0.357 e. The highest BCUT2D eigenvalue weighted by molar-refractivity contribution is 14.0. The van der Waals surface area contributed by atoms with Crippen molar-refractivity contribution in [2.45, 2.75) is 39.9 Å². The summed E-state index contributed by atoms with van der Waals surface area (Å²) in [6.45, 7) is 8.10. The lowest BCUT2D eigenvalue weighted by atomic mass is 10.1. The van der Waals surface area contributed by atoms with Gasteiger partial charge in [0.05, 0.1) is 19.3 Å². The number of nitrogens with zero attached hydrogens (tertiary/aromatic N) is 5. The van der Waals surface area contributed by atoms with Crippen molar-refractivity contribution >= 4 is 29.9 Å². The average molecular weight is 507 g/mol. The second-order valence-corrected chi connectivity index (χ2v) is 6.73. The Morgan fingerprint density at radius 2 is 1.90 bits per heavy atom. The quantitative estimate of drug-likeness (QED) is 0.202. The molecule has 3 aromatic rings. The third-order valence-electron chi connectivity index (χ3n) is 4.38. The van der Waals surface area contributed by atoms with Crippen molar-refractivity contribution in [3.05, 3.63) is 71.8 Å². The van der Waals surface area contributed by atoms with Crippen molar-refractivity contribution in [1.82, 2.24) is 30.2 Å². The van der Waals surface area contributed by atoms with Crippen LogP contribution in [-0.2, 0) is 19.6 Å².